The topological polar surface area (TPSA) is 75.6 Å². The number of rotatable bonds is 4. The van der Waals surface area contributed by atoms with Gasteiger partial charge in [-0.2, -0.15) is 0 Å². The van der Waals surface area contributed by atoms with E-state index >= 15 is 0 Å². The Morgan fingerprint density at radius 2 is 1.63 bits per heavy atom. The number of nitrogens with zero attached hydrogens (tertiary/aromatic N) is 3. The minimum absolute atomic E-state index is 0.365. The number of hydrogen-bond acceptors (Lipinski definition) is 5. The number of fused-ring (bicyclic) bond motifs is 2. The van der Waals surface area contributed by atoms with Crippen molar-refractivity contribution in [3.05, 3.63) is 72.9 Å². The normalized spacial score (nSPS) is 15.9. The van der Waals surface area contributed by atoms with E-state index in [2.05, 4.69) is 14.9 Å². The van der Waals surface area contributed by atoms with Gasteiger partial charge in [0, 0.05) is 25.9 Å². The summed E-state index contributed by atoms with van der Waals surface area (Å²) in [6, 6.07) is 21.4. The highest BCUT2D eigenvalue weighted by molar-refractivity contribution is 5.84. The quantitative estimate of drug-likeness (QED) is 0.552. The summed E-state index contributed by atoms with van der Waals surface area (Å²) in [5.41, 5.74) is 0.429. The van der Waals surface area contributed by atoms with Gasteiger partial charge >= 0.3 is 5.97 Å². The Hall–Kier alpha value is -3.67. The lowest BCUT2D eigenvalue weighted by atomic mass is 9.91. The van der Waals surface area contributed by atoms with Crippen molar-refractivity contribution in [2.75, 3.05) is 18.0 Å². The lowest BCUT2D eigenvalue weighted by molar-refractivity contribution is -0.157. The Kier molecular flexibility index (Phi) is 4.47. The molecule has 1 aromatic heterocycles. The Labute approximate surface area is 173 Å². The van der Waals surface area contributed by atoms with Gasteiger partial charge in [-0.1, -0.05) is 42.5 Å². The molecule has 3 aromatic carbocycles. The number of piperidine rings is 1. The molecule has 1 saturated heterocycles. The number of ether oxygens (including phenoxy) is 1. The summed E-state index contributed by atoms with van der Waals surface area (Å²) in [6.45, 7) is 1.07. The van der Waals surface area contributed by atoms with Crippen molar-refractivity contribution in [1.29, 1.82) is 0 Å². The number of carboxylic acid groups (broad SMARTS) is 1. The van der Waals surface area contributed by atoms with Gasteiger partial charge in [-0.3, -0.25) is 4.98 Å². The van der Waals surface area contributed by atoms with Crippen LogP contribution in [0, 0.1) is 0 Å². The number of carboxylic acids is 1. The lowest BCUT2D eigenvalue weighted by Crippen LogP contribution is -2.53. The third-order valence-corrected chi connectivity index (χ3v) is 5.75. The summed E-state index contributed by atoms with van der Waals surface area (Å²) >= 11 is 0. The molecule has 0 spiro atoms. The maximum atomic E-state index is 12.2. The molecular formula is C24H21N3O3. The van der Waals surface area contributed by atoms with Crippen molar-refractivity contribution in [1.82, 2.24) is 9.97 Å². The minimum Gasteiger partial charge on any atom is -0.478 e. The third kappa shape index (κ3) is 3.30. The number of aromatic nitrogens is 2. The maximum absolute atomic E-state index is 12.2. The van der Waals surface area contributed by atoms with Gasteiger partial charge in [-0.15, -0.1) is 0 Å². The first-order valence-electron chi connectivity index (χ1n) is 10.0. The van der Waals surface area contributed by atoms with E-state index in [4.69, 9.17) is 4.74 Å². The van der Waals surface area contributed by atoms with E-state index in [1.54, 1.807) is 6.20 Å². The zero-order chi connectivity index (χ0) is 20.6. The molecule has 4 aromatic rings. The molecule has 0 saturated carbocycles. The van der Waals surface area contributed by atoms with Gasteiger partial charge in [-0.25, -0.2) is 9.78 Å². The monoisotopic (exact) mass is 399 g/mol. The second-order valence-electron chi connectivity index (χ2n) is 7.61. The zero-order valence-electron chi connectivity index (χ0n) is 16.4. The molecule has 150 valence electrons. The van der Waals surface area contributed by atoms with E-state index in [0.29, 0.717) is 31.7 Å². The predicted molar refractivity (Wildman–Crippen MR) is 116 cm³/mol. The smallest absolute Gasteiger partial charge is 0.348 e. The van der Waals surface area contributed by atoms with Crippen molar-refractivity contribution in [3.63, 3.8) is 0 Å². The van der Waals surface area contributed by atoms with Gasteiger partial charge in [0.15, 0.2) is 0 Å². The molecule has 30 heavy (non-hydrogen) atoms. The highest BCUT2D eigenvalue weighted by atomic mass is 16.5. The van der Waals surface area contributed by atoms with Crippen LogP contribution in [0.3, 0.4) is 0 Å². The number of para-hydroxylation sites is 2. The van der Waals surface area contributed by atoms with E-state index in [1.807, 2.05) is 66.7 Å². The third-order valence-electron chi connectivity index (χ3n) is 5.75. The first-order valence-corrected chi connectivity index (χ1v) is 10.0. The number of benzene rings is 3. The number of carbonyl (C=O) groups is 1. The molecule has 1 aliphatic heterocycles. The Morgan fingerprint density at radius 3 is 2.40 bits per heavy atom. The van der Waals surface area contributed by atoms with E-state index < -0.39 is 11.6 Å². The number of anilines is 1. The van der Waals surface area contributed by atoms with Gasteiger partial charge in [0.1, 0.15) is 11.6 Å². The molecule has 0 unspecified atom stereocenters. The second-order valence-corrected chi connectivity index (χ2v) is 7.61. The molecule has 0 bridgehead atoms. The fraction of sp³-hybridized carbons (Fsp3) is 0.208. The average Bonchev–Trinajstić information content (AvgIpc) is 2.79. The molecule has 0 amide bonds. The van der Waals surface area contributed by atoms with Crippen molar-refractivity contribution in [3.8, 4) is 5.75 Å². The molecule has 2 heterocycles. The van der Waals surface area contributed by atoms with E-state index in [1.165, 1.54) is 0 Å². The standard InChI is InChI=1S/C24H21N3O3/c28-23(29)24(30-19-10-9-17-5-1-2-6-18(17)15-19)11-13-27(14-12-24)22-16-25-20-7-3-4-8-21(20)26-22/h1-10,15-16H,11-14H2,(H,28,29). The van der Waals surface area contributed by atoms with Crippen LogP contribution in [0.25, 0.3) is 21.8 Å². The molecule has 0 radical (unpaired) electrons. The second kappa shape index (κ2) is 7.30. The van der Waals surface area contributed by atoms with E-state index in [9.17, 15) is 9.90 Å². The molecule has 5 rings (SSSR count). The minimum atomic E-state index is -1.25. The largest absolute Gasteiger partial charge is 0.478 e. The maximum Gasteiger partial charge on any atom is 0.348 e. The van der Waals surface area contributed by atoms with Crippen molar-refractivity contribution >= 4 is 33.6 Å². The van der Waals surface area contributed by atoms with Crippen LogP contribution in [0.15, 0.2) is 72.9 Å². The predicted octanol–water partition coefficient (Wildman–Crippen LogP) is 4.29. The van der Waals surface area contributed by atoms with Crippen LogP contribution in [-0.4, -0.2) is 39.7 Å². The summed E-state index contributed by atoms with van der Waals surface area (Å²) in [5, 5.41) is 12.1. The van der Waals surface area contributed by atoms with Gasteiger partial charge in [0.25, 0.3) is 0 Å². The first-order chi connectivity index (χ1) is 14.6. The molecule has 1 N–H and O–H groups in total. The highest BCUT2D eigenvalue weighted by Gasteiger charge is 2.44. The summed E-state index contributed by atoms with van der Waals surface area (Å²) in [5.74, 6) is 0.411. The fourth-order valence-corrected chi connectivity index (χ4v) is 4.01. The number of aliphatic carboxylic acids is 1. The highest BCUT2D eigenvalue weighted by Crippen LogP contribution is 2.32. The van der Waals surface area contributed by atoms with Crippen LogP contribution < -0.4 is 9.64 Å². The Morgan fingerprint density at radius 1 is 0.933 bits per heavy atom. The van der Waals surface area contributed by atoms with Crippen molar-refractivity contribution < 1.29 is 14.6 Å². The van der Waals surface area contributed by atoms with Crippen molar-refractivity contribution in [2.45, 2.75) is 18.4 Å². The summed E-state index contributed by atoms with van der Waals surface area (Å²) < 4.78 is 6.10. The number of hydrogen-bond donors (Lipinski definition) is 1. The van der Waals surface area contributed by atoms with Gasteiger partial charge in [-0.05, 0) is 35.0 Å². The Bertz CT molecular complexity index is 1230. The molecule has 6 nitrogen and oxygen atoms in total. The summed E-state index contributed by atoms with van der Waals surface area (Å²) in [4.78, 5) is 23.4. The van der Waals surface area contributed by atoms with Crippen LogP contribution in [0.5, 0.6) is 5.75 Å². The fourth-order valence-electron chi connectivity index (χ4n) is 4.01. The molecule has 1 fully saturated rings. The van der Waals surface area contributed by atoms with Crippen LogP contribution in [0.2, 0.25) is 0 Å². The summed E-state index contributed by atoms with van der Waals surface area (Å²) in [7, 11) is 0. The molecule has 0 aliphatic carbocycles. The molecule has 0 atom stereocenters. The summed E-state index contributed by atoms with van der Waals surface area (Å²) in [6.07, 6.45) is 2.48. The van der Waals surface area contributed by atoms with Crippen LogP contribution >= 0.6 is 0 Å². The van der Waals surface area contributed by atoms with Crippen LogP contribution in [-0.2, 0) is 4.79 Å². The van der Waals surface area contributed by atoms with Gasteiger partial charge in [0.05, 0.1) is 17.2 Å². The molecule has 6 heteroatoms. The SMILES string of the molecule is O=C(O)C1(Oc2ccc3ccccc3c2)CCN(c2cnc3ccccc3n2)CC1. The van der Waals surface area contributed by atoms with Crippen LogP contribution in [0.1, 0.15) is 12.8 Å². The first kappa shape index (κ1) is 18.4. The van der Waals surface area contributed by atoms with E-state index in [0.717, 1.165) is 27.6 Å². The molecule has 1 aliphatic rings. The lowest BCUT2D eigenvalue weighted by Gasteiger charge is -2.39. The van der Waals surface area contributed by atoms with Crippen molar-refractivity contribution in [2.24, 2.45) is 0 Å². The zero-order valence-corrected chi connectivity index (χ0v) is 16.4. The van der Waals surface area contributed by atoms with Gasteiger partial charge in [0.2, 0.25) is 5.60 Å². The van der Waals surface area contributed by atoms with E-state index in [-0.39, 0.29) is 0 Å². The van der Waals surface area contributed by atoms with Gasteiger partial charge < -0.3 is 14.7 Å². The molecular weight excluding hydrogens is 378 g/mol. The van der Waals surface area contributed by atoms with Crippen LogP contribution in [0.4, 0.5) is 5.82 Å². The Balaban J connectivity index is 1.37. The average molecular weight is 399 g/mol.